The van der Waals surface area contributed by atoms with Gasteiger partial charge in [-0.1, -0.05) is 42.0 Å². The molecule has 3 aromatic carbocycles. The smallest absolute Gasteiger partial charge is 0.268 e. The number of aromatic nitrogens is 1. The van der Waals surface area contributed by atoms with Crippen molar-refractivity contribution in [3.63, 3.8) is 0 Å². The Morgan fingerprint density at radius 2 is 1.55 bits per heavy atom. The zero-order valence-electron chi connectivity index (χ0n) is 21.4. The van der Waals surface area contributed by atoms with Crippen LogP contribution in [-0.2, 0) is 19.6 Å². The number of amides is 2. The van der Waals surface area contributed by atoms with Crippen molar-refractivity contribution in [2.24, 2.45) is 0 Å². The first-order chi connectivity index (χ1) is 19.2. The fourth-order valence-electron chi connectivity index (χ4n) is 5.31. The Labute approximate surface area is 229 Å². The van der Waals surface area contributed by atoms with Gasteiger partial charge in [0, 0.05) is 29.3 Å². The number of non-ortho nitro benzene ring substituents is 1. The molecule has 0 saturated carbocycles. The lowest BCUT2D eigenvalue weighted by Gasteiger charge is -2.15. The largest absolute Gasteiger partial charge is 0.269 e. The van der Waals surface area contributed by atoms with Crippen LogP contribution < -0.4 is 4.90 Å². The van der Waals surface area contributed by atoms with Crippen LogP contribution in [0.25, 0.3) is 16.5 Å². The second-order valence-corrected chi connectivity index (χ2v) is 11.6. The molecule has 10 heteroatoms. The van der Waals surface area contributed by atoms with Gasteiger partial charge in [-0.25, -0.2) is 17.3 Å². The van der Waals surface area contributed by atoms with E-state index in [1.807, 2.05) is 13.0 Å². The third-order valence-electron chi connectivity index (χ3n) is 7.29. The van der Waals surface area contributed by atoms with E-state index in [1.54, 1.807) is 36.4 Å². The topological polar surface area (TPSA) is 120 Å². The number of nitro benzene ring substituents is 1. The van der Waals surface area contributed by atoms with Crippen LogP contribution in [0.1, 0.15) is 30.4 Å². The van der Waals surface area contributed by atoms with Gasteiger partial charge in [0.1, 0.15) is 0 Å². The van der Waals surface area contributed by atoms with Gasteiger partial charge in [-0.05, 0) is 62.1 Å². The number of imide groups is 1. The molecule has 200 valence electrons. The SMILES string of the molecule is Cc1ccc(S(=O)(=O)n2cc(C3=C(C4=CCCC4)C(=O)N(c4ccc([N+](=O)[O-])cc4)C3=O)c3ccccc32)cc1. The zero-order valence-corrected chi connectivity index (χ0v) is 22.2. The molecule has 1 aromatic heterocycles. The van der Waals surface area contributed by atoms with Crippen LogP contribution >= 0.6 is 0 Å². The summed E-state index contributed by atoms with van der Waals surface area (Å²) in [6.07, 6.45) is 5.53. The summed E-state index contributed by atoms with van der Waals surface area (Å²) in [6.45, 7) is 1.87. The molecular formula is C30H23N3O6S. The van der Waals surface area contributed by atoms with Crippen LogP contribution in [0.15, 0.2) is 101 Å². The molecular weight excluding hydrogens is 530 g/mol. The quantitative estimate of drug-likeness (QED) is 0.176. The van der Waals surface area contributed by atoms with E-state index in [0.717, 1.165) is 32.9 Å². The number of rotatable bonds is 6. The van der Waals surface area contributed by atoms with Crippen molar-refractivity contribution < 1.29 is 22.9 Å². The molecule has 0 atom stereocenters. The first-order valence-corrected chi connectivity index (χ1v) is 14.1. The summed E-state index contributed by atoms with van der Waals surface area (Å²) in [5, 5.41) is 11.7. The van der Waals surface area contributed by atoms with Gasteiger partial charge in [-0.15, -0.1) is 0 Å². The second-order valence-electron chi connectivity index (χ2n) is 9.76. The average molecular weight is 554 g/mol. The van der Waals surface area contributed by atoms with Gasteiger partial charge in [-0.3, -0.25) is 19.7 Å². The monoisotopic (exact) mass is 553 g/mol. The lowest BCUT2D eigenvalue weighted by Crippen LogP contribution is -2.31. The fraction of sp³-hybridized carbons (Fsp3) is 0.133. The number of nitrogens with zero attached hydrogens (tertiary/aromatic N) is 3. The Morgan fingerprint density at radius 3 is 2.20 bits per heavy atom. The summed E-state index contributed by atoms with van der Waals surface area (Å²) in [6, 6.07) is 18.6. The molecule has 0 unspecified atom stereocenters. The van der Waals surface area contributed by atoms with Crippen molar-refractivity contribution in [1.29, 1.82) is 0 Å². The van der Waals surface area contributed by atoms with Crippen molar-refractivity contribution in [2.45, 2.75) is 31.1 Å². The summed E-state index contributed by atoms with van der Waals surface area (Å²) < 4.78 is 28.7. The van der Waals surface area contributed by atoms with Crippen LogP contribution in [0.3, 0.4) is 0 Å². The van der Waals surface area contributed by atoms with Crippen LogP contribution in [0.2, 0.25) is 0 Å². The maximum atomic E-state index is 14.0. The van der Waals surface area contributed by atoms with Crippen LogP contribution in [0.5, 0.6) is 0 Å². The fourth-order valence-corrected chi connectivity index (χ4v) is 6.67. The number of benzene rings is 3. The minimum absolute atomic E-state index is 0.0967. The number of anilines is 1. The Hall–Kier alpha value is -4.83. The van der Waals surface area contributed by atoms with Crippen LogP contribution in [0, 0.1) is 17.0 Å². The highest BCUT2D eigenvalue weighted by molar-refractivity contribution is 7.90. The minimum atomic E-state index is -4.03. The normalized spacial score (nSPS) is 15.8. The third kappa shape index (κ3) is 3.95. The van der Waals surface area contributed by atoms with Gasteiger partial charge in [0.2, 0.25) is 0 Å². The van der Waals surface area contributed by atoms with Crippen molar-refractivity contribution in [2.75, 3.05) is 4.90 Å². The summed E-state index contributed by atoms with van der Waals surface area (Å²) in [5.74, 6) is -1.16. The van der Waals surface area contributed by atoms with Crippen LogP contribution in [0.4, 0.5) is 11.4 Å². The van der Waals surface area contributed by atoms with Crippen molar-refractivity contribution in [3.8, 4) is 0 Å². The molecule has 2 aliphatic rings. The third-order valence-corrected chi connectivity index (χ3v) is 8.98. The summed E-state index contributed by atoms with van der Waals surface area (Å²) in [7, 11) is -4.03. The van der Waals surface area contributed by atoms with Crippen molar-refractivity contribution >= 4 is 49.7 Å². The molecule has 2 heterocycles. The van der Waals surface area contributed by atoms with Gasteiger partial charge in [-0.2, -0.15) is 0 Å². The highest BCUT2D eigenvalue weighted by Gasteiger charge is 2.43. The molecule has 2 amide bonds. The molecule has 1 aliphatic carbocycles. The first kappa shape index (κ1) is 25.4. The first-order valence-electron chi connectivity index (χ1n) is 12.7. The zero-order chi connectivity index (χ0) is 28.2. The molecule has 0 radical (unpaired) electrons. The molecule has 1 aliphatic heterocycles. The van der Waals surface area contributed by atoms with E-state index in [4.69, 9.17) is 0 Å². The van der Waals surface area contributed by atoms with Gasteiger partial charge < -0.3 is 0 Å². The standard InChI is InChI=1S/C30H23N3O6S/c1-19-10-16-23(17-11-19)40(38,39)31-18-25(24-8-4-5-9-26(24)31)28-27(20-6-2-3-7-20)29(34)32(30(28)35)21-12-14-22(15-13-21)33(36)37/h4-6,8-18H,2-3,7H2,1H3. The van der Waals surface area contributed by atoms with E-state index >= 15 is 0 Å². The van der Waals surface area contributed by atoms with E-state index < -0.39 is 26.8 Å². The Kier molecular flexibility index (Phi) is 5.99. The summed E-state index contributed by atoms with van der Waals surface area (Å²) in [4.78, 5) is 39.6. The van der Waals surface area contributed by atoms with E-state index in [-0.39, 0.29) is 27.4 Å². The van der Waals surface area contributed by atoms with E-state index in [2.05, 4.69) is 0 Å². The number of carbonyl (C=O) groups excluding carboxylic acids is 2. The minimum Gasteiger partial charge on any atom is -0.268 e. The lowest BCUT2D eigenvalue weighted by atomic mass is 9.95. The Balaban J connectivity index is 1.56. The van der Waals surface area contributed by atoms with Gasteiger partial charge >= 0.3 is 0 Å². The molecule has 9 nitrogen and oxygen atoms in total. The number of allylic oxidation sites excluding steroid dienone is 1. The molecule has 0 N–H and O–H groups in total. The van der Waals surface area contributed by atoms with E-state index in [1.165, 1.54) is 42.6 Å². The lowest BCUT2D eigenvalue weighted by molar-refractivity contribution is -0.384. The summed E-state index contributed by atoms with van der Waals surface area (Å²) >= 11 is 0. The Morgan fingerprint density at radius 1 is 0.875 bits per heavy atom. The predicted molar refractivity (Wildman–Crippen MR) is 150 cm³/mol. The van der Waals surface area contributed by atoms with Gasteiger partial charge in [0.25, 0.3) is 27.5 Å². The van der Waals surface area contributed by atoms with E-state index in [0.29, 0.717) is 22.9 Å². The number of hydrogen-bond acceptors (Lipinski definition) is 6. The molecule has 6 rings (SSSR count). The maximum absolute atomic E-state index is 14.0. The number of fused-ring (bicyclic) bond motifs is 1. The van der Waals surface area contributed by atoms with Crippen molar-refractivity contribution in [3.05, 3.63) is 117 Å². The van der Waals surface area contributed by atoms with Crippen molar-refractivity contribution in [1.82, 2.24) is 3.97 Å². The van der Waals surface area contributed by atoms with E-state index in [9.17, 15) is 28.1 Å². The second kappa shape index (κ2) is 9.42. The molecule has 4 aromatic rings. The molecule has 0 spiro atoms. The molecule has 0 saturated heterocycles. The van der Waals surface area contributed by atoms with Crippen LogP contribution in [-0.4, -0.2) is 29.1 Å². The molecule has 40 heavy (non-hydrogen) atoms. The molecule has 0 fully saturated rings. The average Bonchev–Trinajstić information content (AvgIpc) is 3.66. The number of carbonyl (C=O) groups is 2. The number of aryl methyl sites for hydroxylation is 1. The predicted octanol–water partition coefficient (Wildman–Crippen LogP) is 5.53. The number of hydrogen-bond donors (Lipinski definition) is 0. The molecule has 0 bridgehead atoms. The highest BCUT2D eigenvalue weighted by Crippen LogP contribution is 2.42. The van der Waals surface area contributed by atoms with Gasteiger partial charge in [0.05, 0.1) is 32.2 Å². The number of para-hydroxylation sites is 1. The highest BCUT2D eigenvalue weighted by atomic mass is 32.2. The Bertz CT molecular complexity index is 1900. The van der Waals surface area contributed by atoms with Gasteiger partial charge in [0.15, 0.2) is 0 Å². The summed E-state index contributed by atoms with van der Waals surface area (Å²) in [5.41, 5.74) is 2.73. The number of nitro groups is 1. The maximum Gasteiger partial charge on any atom is 0.269 e.